The first-order valence-corrected chi connectivity index (χ1v) is 23.3. The van der Waals surface area contributed by atoms with Crippen LogP contribution in [0.5, 0.6) is 6.01 Å². The number of hydrogen-bond acceptors (Lipinski definition) is 12. The van der Waals surface area contributed by atoms with Gasteiger partial charge in [0.15, 0.2) is 5.78 Å². The number of anilines is 1. The fourth-order valence-corrected chi connectivity index (χ4v) is 9.49. The van der Waals surface area contributed by atoms with Gasteiger partial charge in [-0.2, -0.15) is 17.7 Å². The van der Waals surface area contributed by atoms with Crippen molar-refractivity contribution in [2.75, 3.05) is 38.6 Å². The number of para-hydroxylation sites is 1. The van der Waals surface area contributed by atoms with Crippen LogP contribution in [0.2, 0.25) is 0 Å². The first-order valence-electron chi connectivity index (χ1n) is 21.9. The maximum Gasteiger partial charge on any atom is 0.408 e. The normalized spacial score (nSPS) is 25.6. The fraction of sp³-hybridized carbons (Fsp3) is 0.614. The molecule has 336 valence electrons. The van der Waals surface area contributed by atoms with E-state index < -0.39 is 63.1 Å². The predicted molar refractivity (Wildman–Crippen MR) is 233 cm³/mol. The Morgan fingerprint density at radius 1 is 1.02 bits per heavy atom. The number of Topliss-reactive ketones (excluding diaryl/α,β-unsaturated/α-hetero) is 1. The van der Waals surface area contributed by atoms with E-state index in [4.69, 9.17) is 19.4 Å². The van der Waals surface area contributed by atoms with Gasteiger partial charge < -0.3 is 24.6 Å². The summed E-state index contributed by atoms with van der Waals surface area (Å²) in [4.78, 5) is 74.7. The lowest BCUT2D eigenvalue weighted by atomic mass is 9.91. The average molecular weight is 876 g/mol. The molecule has 1 aromatic carbocycles. The monoisotopic (exact) mass is 875 g/mol. The van der Waals surface area contributed by atoms with Crippen molar-refractivity contribution in [2.45, 2.75) is 129 Å². The summed E-state index contributed by atoms with van der Waals surface area (Å²) >= 11 is 0. The summed E-state index contributed by atoms with van der Waals surface area (Å²) in [7, 11) is -1.51. The van der Waals surface area contributed by atoms with Crippen LogP contribution in [0.1, 0.15) is 105 Å². The molecule has 5 heterocycles. The van der Waals surface area contributed by atoms with Crippen LogP contribution < -0.4 is 19.7 Å². The molecule has 0 spiro atoms. The van der Waals surface area contributed by atoms with Gasteiger partial charge in [0.05, 0.1) is 41.6 Å². The molecule has 1 saturated carbocycles. The third-order valence-corrected chi connectivity index (χ3v) is 13.6. The number of imidazole rings is 1. The van der Waals surface area contributed by atoms with E-state index in [-0.39, 0.29) is 37.8 Å². The molecule has 3 aliphatic heterocycles. The van der Waals surface area contributed by atoms with Gasteiger partial charge in [-0.3, -0.25) is 23.9 Å². The zero-order valence-corrected chi connectivity index (χ0v) is 37.7. The Morgan fingerprint density at radius 2 is 1.77 bits per heavy atom. The number of nitrogens with one attached hydrogen (secondary N) is 2. The number of carbonyl (C=O) groups excluding carboxylic acids is 4. The van der Waals surface area contributed by atoms with Crippen LogP contribution in [-0.2, 0) is 29.3 Å². The Morgan fingerprint density at radius 3 is 2.48 bits per heavy atom. The van der Waals surface area contributed by atoms with Crippen molar-refractivity contribution in [3.05, 3.63) is 42.7 Å². The molecule has 2 N–H and O–H groups in total. The summed E-state index contributed by atoms with van der Waals surface area (Å²) in [5.74, 6) is -1.19. The zero-order chi connectivity index (χ0) is 44.6. The number of aromatic nitrogens is 4. The molecule has 0 radical (unpaired) electrons. The number of amides is 3. The van der Waals surface area contributed by atoms with Gasteiger partial charge in [0, 0.05) is 51.6 Å². The highest BCUT2D eigenvalue weighted by Gasteiger charge is 2.61. The minimum Gasteiger partial charge on any atom is -0.459 e. The molecule has 0 unspecified atom stereocenters. The van der Waals surface area contributed by atoms with Crippen molar-refractivity contribution in [1.82, 2.24) is 38.8 Å². The number of hydrogen-bond donors (Lipinski definition) is 2. The molecule has 1 aliphatic carbocycles. The van der Waals surface area contributed by atoms with Crippen LogP contribution in [0.3, 0.4) is 0 Å². The maximum atomic E-state index is 14.8. The number of rotatable bonds is 9. The highest BCUT2D eigenvalue weighted by molar-refractivity contribution is 7.87. The standard InChI is InChI=1S/C44H61N9O8S/c1-28(2)53-34-19-15-17-31(33-25-45-26-37(46-33)51-20-13-14-21-51)38(34)48-41(53)60-30-22-35-36(54)24-44(40(56)49-62(58,59)50(6)7)23-29(44)16-11-9-8-10-12-18-32(39(55)52(35)27-30)47-42(57)61-43(3,4)5/h11,15-17,19,25-26,28-30,32,35H,8-10,12-14,18,20-24,27H2,1-7H3,(H,47,57)(H,49,56)/b16-11-/t29-,30-,32+,35+,44-/m1/s1. The van der Waals surface area contributed by atoms with Crippen LogP contribution in [0.15, 0.2) is 42.7 Å². The second kappa shape index (κ2) is 17.9. The summed E-state index contributed by atoms with van der Waals surface area (Å²) in [6, 6.07) is 4.04. The Labute approximate surface area is 364 Å². The first-order chi connectivity index (χ1) is 29.4. The second-order valence-corrected chi connectivity index (χ2v) is 20.4. The van der Waals surface area contributed by atoms with Crippen LogP contribution in [-0.4, -0.2) is 118 Å². The topological polar surface area (TPSA) is 198 Å². The molecule has 4 aliphatic rings. The number of nitrogens with zero attached hydrogens (tertiary/aromatic N) is 7. The fourth-order valence-electron chi connectivity index (χ4n) is 8.87. The number of carbonyl (C=O) groups is 4. The molecule has 5 atom stereocenters. The van der Waals surface area contributed by atoms with Crippen LogP contribution in [0, 0.1) is 11.3 Å². The van der Waals surface area contributed by atoms with Crippen molar-refractivity contribution >= 4 is 50.8 Å². The van der Waals surface area contributed by atoms with Crippen molar-refractivity contribution in [3.8, 4) is 17.3 Å². The van der Waals surface area contributed by atoms with E-state index in [1.165, 1.54) is 19.0 Å². The van der Waals surface area contributed by atoms with E-state index >= 15 is 0 Å². The van der Waals surface area contributed by atoms with Gasteiger partial charge in [0.1, 0.15) is 29.1 Å². The third kappa shape index (κ3) is 9.75. The molecule has 2 aromatic heterocycles. The van der Waals surface area contributed by atoms with Gasteiger partial charge in [-0.1, -0.05) is 37.1 Å². The summed E-state index contributed by atoms with van der Waals surface area (Å²) in [5.41, 5.74) is 0.806. The number of ketones is 1. The largest absolute Gasteiger partial charge is 0.459 e. The minimum absolute atomic E-state index is 0.00319. The zero-order valence-electron chi connectivity index (χ0n) is 36.9. The van der Waals surface area contributed by atoms with Gasteiger partial charge in [-0.05, 0) is 85.1 Å². The molecule has 0 bridgehead atoms. The van der Waals surface area contributed by atoms with Crippen molar-refractivity contribution in [1.29, 1.82) is 0 Å². The number of benzene rings is 1. The molecule has 17 nitrogen and oxygen atoms in total. The van der Waals surface area contributed by atoms with Crippen LogP contribution in [0.4, 0.5) is 10.6 Å². The number of allylic oxidation sites excluding steroid dienone is 2. The smallest absolute Gasteiger partial charge is 0.408 e. The van der Waals surface area contributed by atoms with Gasteiger partial charge in [-0.25, -0.2) is 14.5 Å². The lowest BCUT2D eigenvalue weighted by Crippen LogP contribution is -2.53. The van der Waals surface area contributed by atoms with Crippen LogP contribution >= 0.6 is 0 Å². The summed E-state index contributed by atoms with van der Waals surface area (Å²) in [5, 5.41) is 2.79. The van der Waals surface area contributed by atoms with E-state index in [0.717, 1.165) is 60.0 Å². The van der Waals surface area contributed by atoms with Gasteiger partial charge in [0.25, 0.3) is 6.01 Å². The number of alkyl carbamates (subject to hydrolysis) is 1. The van der Waals surface area contributed by atoms with E-state index in [1.54, 1.807) is 33.2 Å². The van der Waals surface area contributed by atoms with Gasteiger partial charge in [0.2, 0.25) is 11.8 Å². The number of ether oxygens (including phenoxy) is 2. The van der Waals surface area contributed by atoms with E-state index in [2.05, 4.69) is 19.9 Å². The van der Waals surface area contributed by atoms with Gasteiger partial charge in [-0.15, -0.1) is 0 Å². The predicted octanol–water partition coefficient (Wildman–Crippen LogP) is 5.32. The summed E-state index contributed by atoms with van der Waals surface area (Å²) < 4.78 is 43.1. The highest BCUT2D eigenvalue weighted by atomic mass is 32.2. The van der Waals surface area contributed by atoms with E-state index in [1.807, 2.05) is 48.8 Å². The molecular formula is C44H61N9O8S. The Hall–Kier alpha value is -5.10. The van der Waals surface area contributed by atoms with E-state index in [0.29, 0.717) is 36.5 Å². The maximum absolute atomic E-state index is 14.8. The summed E-state index contributed by atoms with van der Waals surface area (Å²) in [6.07, 6.45) is 11.4. The molecule has 18 heteroatoms. The van der Waals surface area contributed by atoms with Crippen molar-refractivity contribution in [2.24, 2.45) is 11.3 Å². The second-order valence-electron chi connectivity index (χ2n) is 18.6. The van der Waals surface area contributed by atoms with Crippen LogP contribution in [0.25, 0.3) is 22.3 Å². The highest BCUT2D eigenvalue weighted by Crippen LogP contribution is 2.57. The van der Waals surface area contributed by atoms with E-state index in [9.17, 15) is 27.6 Å². The molecular weight excluding hydrogens is 815 g/mol. The molecule has 2 saturated heterocycles. The molecule has 3 amide bonds. The number of fused-ring (bicyclic) bond motifs is 3. The minimum atomic E-state index is -4.15. The van der Waals surface area contributed by atoms with Crippen molar-refractivity contribution < 1.29 is 37.1 Å². The molecule has 7 rings (SSSR count). The Balaban J connectivity index is 1.23. The Bertz CT molecular complexity index is 2320. The Kier molecular flexibility index (Phi) is 13.0. The molecule has 3 aromatic rings. The summed E-state index contributed by atoms with van der Waals surface area (Å²) in [6.45, 7) is 11.1. The van der Waals surface area contributed by atoms with Gasteiger partial charge >= 0.3 is 16.3 Å². The SMILES string of the molecule is CC(C)n1c(O[C@@H]2C[C@H]3C(=O)C[C@]4(C(=O)NS(=O)(=O)N(C)C)C[C@H]4/C=C\CCCCC[C@H](NC(=O)OC(C)(C)C)C(=O)N3C2)nc2c(-c3cncc(N4CCCC4)n3)cccc21. The quantitative estimate of drug-likeness (QED) is 0.263. The lowest BCUT2D eigenvalue weighted by Gasteiger charge is -2.30. The molecule has 62 heavy (non-hydrogen) atoms. The molecule has 3 fully saturated rings. The first kappa shape index (κ1) is 44.9. The average Bonchev–Trinajstić information content (AvgIpc) is 3.60. The lowest BCUT2D eigenvalue weighted by molar-refractivity contribution is -0.140. The third-order valence-electron chi connectivity index (χ3n) is 12.2. The van der Waals surface area contributed by atoms with Crippen molar-refractivity contribution in [3.63, 3.8) is 0 Å².